The number of aliphatic carboxylic acids is 4. The van der Waals surface area contributed by atoms with Gasteiger partial charge in [-0.15, -0.1) is 0 Å². The molecule has 1 atom stereocenters. The van der Waals surface area contributed by atoms with Crippen molar-refractivity contribution in [2.45, 2.75) is 64.1 Å². The number of carboxylic acid groups (broad SMARTS) is 4. The van der Waals surface area contributed by atoms with Crippen molar-refractivity contribution < 1.29 is 64.5 Å². The van der Waals surface area contributed by atoms with E-state index in [4.69, 9.17) is 14.7 Å². The number of unbranched alkanes of at least 4 members (excludes halogenated alkanes) is 1. The van der Waals surface area contributed by atoms with E-state index in [0.29, 0.717) is 54.4 Å². The first kappa shape index (κ1) is 68.4. The number of hydrogen-bond acceptors (Lipinski definition) is 15. The molecule has 1 saturated heterocycles. The van der Waals surface area contributed by atoms with Gasteiger partial charge < -0.3 is 50.6 Å². The van der Waals surface area contributed by atoms with Gasteiger partial charge in [0, 0.05) is 96.2 Å². The summed E-state index contributed by atoms with van der Waals surface area (Å²) in [4.78, 5) is 73.3. The third kappa shape index (κ3) is 15.2. The third-order valence-corrected chi connectivity index (χ3v) is 17.7. The maximum Gasteiger partial charge on any atom is 3.00 e. The number of benzene rings is 4. The van der Waals surface area contributed by atoms with Crippen LogP contribution in [-0.2, 0) is 30.3 Å². The minimum atomic E-state index is -1.08. The van der Waals surface area contributed by atoms with Crippen LogP contribution in [0.1, 0.15) is 80.9 Å². The van der Waals surface area contributed by atoms with Crippen LogP contribution in [0.4, 0.5) is 4.70 Å². The Balaban J connectivity index is 0.00000510. The van der Waals surface area contributed by atoms with Crippen LogP contribution in [0.25, 0.3) is 90.9 Å². The Morgan fingerprint density at radius 3 is 1.31 bits per heavy atom. The Kier molecular flexibility index (Phi) is 21.2. The molecule has 9 N–H and O–H groups in total. The summed E-state index contributed by atoms with van der Waals surface area (Å²) >= 11 is 0. The Morgan fingerprint density at radius 1 is 0.495 bits per heavy atom. The number of nitrogens with zero attached hydrogens (tertiary/aromatic N) is 7. The van der Waals surface area contributed by atoms with Gasteiger partial charge in [-0.1, -0.05) is 48.5 Å². The van der Waals surface area contributed by atoms with Gasteiger partial charge in [0.05, 0.1) is 66.6 Å². The zero-order valence-corrected chi connectivity index (χ0v) is 53.4. The van der Waals surface area contributed by atoms with Crippen LogP contribution in [0.3, 0.4) is 0 Å². The molecule has 0 radical (unpaired) electrons. The summed E-state index contributed by atoms with van der Waals surface area (Å²) in [6.07, 6.45) is 9.61. The smallest absolute Gasteiger partial charge is 0.508 e. The number of carboxylic acids is 4. The number of aromatic nitrogens is 4. The monoisotopic (exact) mass is 1280 g/mol. The maximum absolute atomic E-state index is 12.3. The van der Waals surface area contributed by atoms with Gasteiger partial charge in [-0.05, 0) is 171 Å². The number of H-pyrrole nitrogens is 2. The van der Waals surface area contributed by atoms with Crippen molar-refractivity contribution in [3.63, 3.8) is 0 Å². The molecule has 0 aliphatic carbocycles. The number of hydroxylamine groups is 2. The fourth-order valence-electron chi connectivity index (χ4n) is 13.2. The molecule has 23 heteroatoms. The number of ether oxygens (including phenoxy) is 1. The van der Waals surface area contributed by atoms with Gasteiger partial charge in [0.15, 0.2) is 0 Å². The molecular formula is C70H76AlFN9O12+3. The number of carbonyl (C=O) groups is 4. The molecule has 0 spiro atoms. The molecule has 0 amide bonds. The Hall–Kier alpha value is -9.02. The topological polar surface area (TPSA) is 293 Å². The van der Waals surface area contributed by atoms with E-state index in [9.17, 15) is 55.0 Å². The van der Waals surface area contributed by atoms with E-state index in [1.54, 1.807) is 43.9 Å². The number of phenolic OH excluding ortho intramolecular Hbond substituents is 2. The number of halogens is 1. The van der Waals surface area contributed by atoms with E-state index in [-0.39, 0.29) is 106 Å². The van der Waals surface area contributed by atoms with Crippen molar-refractivity contribution in [1.82, 2.24) is 44.6 Å². The molecule has 4 aromatic carbocycles. The Bertz CT molecular complexity index is 4110. The molecule has 11 rings (SSSR count). The van der Waals surface area contributed by atoms with Gasteiger partial charge in [0.1, 0.15) is 17.2 Å². The first-order valence-electron chi connectivity index (χ1n) is 30.5. The minimum absolute atomic E-state index is 0. The van der Waals surface area contributed by atoms with Crippen molar-refractivity contribution in [3.05, 3.63) is 149 Å². The molecule has 7 heterocycles. The van der Waals surface area contributed by atoms with Gasteiger partial charge in [0.2, 0.25) is 0 Å². The fourth-order valence-corrected chi connectivity index (χ4v) is 13.2. The zero-order valence-electron chi connectivity index (χ0n) is 52.3. The summed E-state index contributed by atoms with van der Waals surface area (Å²) in [7, 11) is 0. The quantitative estimate of drug-likeness (QED) is 0.0285. The third-order valence-electron chi connectivity index (χ3n) is 17.7. The van der Waals surface area contributed by atoms with Crippen LogP contribution >= 0.6 is 0 Å². The van der Waals surface area contributed by atoms with Crippen LogP contribution in [0, 0.1) is 0 Å². The fraction of sp³-hybridized carbons (Fsp3) is 0.314. The van der Waals surface area contributed by atoms with E-state index in [2.05, 4.69) is 28.2 Å². The molecule has 0 saturated carbocycles. The van der Waals surface area contributed by atoms with Crippen LogP contribution in [0.15, 0.2) is 115 Å². The molecule has 4 aliphatic rings. The molecule has 8 bridgehead atoms. The summed E-state index contributed by atoms with van der Waals surface area (Å²) < 4.78 is 6.36. The average Bonchev–Trinajstić information content (AvgIpc) is 1.58. The number of nitrogens with one attached hydrogen (secondary N) is 2. The van der Waals surface area contributed by atoms with E-state index in [1.165, 1.54) is 5.06 Å². The zero-order chi connectivity index (χ0) is 64.3. The normalized spacial score (nSPS) is 16.9. The summed E-state index contributed by atoms with van der Waals surface area (Å²) in [5, 5.41) is 73.4. The molecular weight excluding hydrogens is 1200 g/mol. The van der Waals surface area contributed by atoms with E-state index < -0.39 is 41.0 Å². The van der Waals surface area contributed by atoms with E-state index in [0.717, 1.165) is 77.7 Å². The standard InChI is InChI=1S/C70H75N9O12.Al.FH/c1-69(2)51-21-14-46(37-52(51)70(3,4)79(69)90)68-59-28-26-55(73-59)65(43-8-15-48(80)16-9-43)53-22-24-57(71-53)67(58-25-23-54(72-58)66(56-27-29-60(68)74-56)44-10-17-49(81)18-11-44)45-12-19-50(20-13-45)91-36-6-5-7-47-38-77(41-63(86)87)33-32-75(39-61(82)83)30-31-76(40-62(84)85)34-35-78(47)42-64(88)89;;/h8-29,37,47,71,74,80-81,90H,5-7,30-36,38-42H2,1-4H3,(H,82,83)(H,84,85)(H,86,87)(H,88,89);;1H/q;+3;/i;;1-1. The van der Waals surface area contributed by atoms with Gasteiger partial charge in [-0.2, -0.15) is 5.06 Å². The number of fused-ring (bicyclic) bond motifs is 9. The van der Waals surface area contributed by atoms with E-state index >= 15 is 0 Å². The SMILES string of the molecule is CC1(C)c2ccc(-c3c4nc(c(-c5ccc(O)cc5)c5ccc([nH]5)c(-c5ccc(OCCCCC6CN(CC(=O)O)CCN(CC(=O)O)CCN(CC(=O)O)CCN6CC(=O)O)cc5)c5nc(c(-c6ccc(O)cc6)c6ccc3[nH]6)C=C5)C=C4)cc2C(C)(C)N1O.[18FH].[Al+3]. The molecule has 1 unspecified atom stereocenters. The van der Waals surface area contributed by atoms with Crippen molar-refractivity contribution in [2.75, 3.05) is 78.6 Å². The maximum atomic E-state index is 12.3. The second kappa shape index (κ2) is 28.9. The van der Waals surface area contributed by atoms with Crippen LogP contribution < -0.4 is 4.74 Å². The van der Waals surface area contributed by atoms with Crippen molar-refractivity contribution in [3.8, 4) is 61.8 Å². The second-order valence-corrected chi connectivity index (χ2v) is 24.6. The number of rotatable bonds is 18. The molecule has 1 fully saturated rings. The predicted octanol–water partition coefficient (Wildman–Crippen LogP) is 10.2. The first-order chi connectivity index (χ1) is 43.6. The van der Waals surface area contributed by atoms with Crippen LogP contribution in [0.5, 0.6) is 17.2 Å². The molecule has 4 aliphatic heterocycles. The number of hydrogen-bond donors (Lipinski definition) is 9. The summed E-state index contributed by atoms with van der Waals surface area (Å²) in [5.41, 5.74) is 13.0. The largest absolute Gasteiger partial charge is 3.00 e. The molecule has 3 aromatic heterocycles. The Labute approximate surface area is 547 Å². The van der Waals surface area contributed by atoms with Crippen LogP contribution in [0.2, 0.25) is 0 Å². The number of aromatic hydroxyl groups is 2. The molecule has 480 valence electrons. The predicted molar refractivity (Wildman–Crippen MR) is 356 cm³/mol. The summed E-state index contributed by atoms with van der Waals surface area (Å²) in [5.74, 6) is -3.45. The number of phenols is 2. The van der Waals surface area contributed by atoms with Gasteiger partial charge in [-0.3, -0.25) is 43.5 Å². The second-order valence-electron chi connectivity index (χ2n) is 24.6. The van der Waals surface area contributed by atoms with Gasteiger partial charge >= 0.3 is 41.2 Å². The molecule has 93 heavy (non-hydrogen) atoms. The average molecular weight is 1280 g/mol. The van der Waals surface area contributed by atoms with E-state index in [1.807, 2.05) is 125 Å². The van der Waals surface area contributed by atoms with Crippen LogP contribution in [-0.4, -0.2) is 206 Å². The first-order valence-corrected chi connectivity index (χ1v) is 30.5. The Morgan fingerprint density at radius 2 is 0.871 bits per heavy atom. The van der Waals surface area contributed by atoms with Gasteiger partial charge in [-0.25, -0.2) is 9.97 Å². The summed E-state index contributed by atoms with van der Waals surface area (Å²) in [6, 6.07) is 35.8. The van der Waals surface area contributed by atoms with Gasteiger partial charge in [0.25, 0.3) is 0 Å². The van der Waals surface area contributed by atoms with Crippen molar-refractivity contribution in [1.29, 1.82) is 0 Å². The molecule has 7 aromatic rings. The molecule has 21 nitrogen and oxygen atoms in total. The van der Waals surface area contributed by atoms with Crippen molar-refractivity contribution in [2.24, 2.45) is 0 Å². The summed E-state index contributed by atoms with van der Waals surface area (Å²) in [6.45, 7) is 8.49. The number of aromatic amines is 2. The minimum Gasteiger partial charge on any atom is -0.508 e. The van der Waals surface area contributed by atoms with Crippen molar-refractivity contribution >= 4 is 87.6 Å².